The summed E-state index contributed by atoms with van der Waals surface area (Å²) in [5.74, 6) is 0.0584. The molecule has 0 aromatic heterocycles. The van der Waals surface area contributed by atoms with E-state index in [-0.39, 0.29) is 11.8 Å². The van der Waals surface area contributed by atoms with Crippen molar-refractivity contribution in [2.75, 3.05) is 11.9 Å². The summed E-state index contributed by atoms with van der Waals surface area (Å²) in [5.41, 5.74) is 1.87. The third kappa shape index (κ3) is 7.94. The molecule has 7 nitrogen and oxygen atoms in total. The van der Waals surface area contributed by atoms with Crippen molar-refractivity contribution in [3.8, 4) is 11.5 Å². The van der Waals surface area contributed by atoms with Crippen LogP contribution in [0.25, 0.3) is 0 Å². The van der Waals surface area contributed by atoms with Crippen LogP contribution in [-0.4, -0.2) is 24.4 Å². The molecular formula is C26H25ClN2O5. The second-order valence-corrected chi connectivity index (χ2v) is 7.84. The van der Waals surface area contributed by atoms with Crippen molar-refractivity contribution in [1.29, 1.82) is 0 Å². The molecular weight excluding hydrogens is 456 g/mol. The zero-order valence-corrected chi connectivity index (χ0v) is 19.4. The van der Waals surface area contributed by atoms with Gasteiger partial charge in [-0.3, -0.25) is 14.4 Å². The van der Waals surface area contributed by atoms with Gasteiger partial charge in [0.05, 0.1) is 11.6 Å². The highest BCUT2D eigenvalue weighted by Gasteiger charge is 2.09. The van der Waals surface area contributed by atoms with Crippen molar-refractivity contribution >= 4 is 35.1 Å². The van der Waals surface area contributed by atoms with E-state index in [0.29, 0.717) is 53.8 Å². The van der Waals surface area contributed by atoms with Crippen molar-refractivity contribution in [3.63, 3.8) is 0 Å². The second-order valence-electron chi connectivity index (χ2n) is 7.43. The summed E-state index contributed by atoms with van der Waals surface area (Å²) >= 11 is 6.03. The van der Waals surface area contributed by atoms with Crippen LogP contribution in [0.15, 0.2) is 72.8 Å². The first-order valence-corrected chi connectivity index (χ1v) is 11.1. The fourth-order valence-electron chi connectivity index (χ4n) is 3.04. The molecule has 3 aromatic carbocycles. The van der Waals surface area contributed by atoms with Gasteiger partial charge in [0, 0.05) is 31.1 Å². The first-order valence-electron chi connectivity index (χ1n) is 10.7. The lowest BCUT2D eigenvalue weighted by Crippen LogP contribution is -2.23. The largest absolute Gasteiger partial charge is 0.492 e. The number of carbonyl (C=O) groups excluding carboxylic acids is 3. The molecule has 0 unspecified atom stereocenters. The Morgan fingerprint density at radius 2 is 1.71 bits per heavy atom. The fraction of sp³-hybridized carbons (Fsp3) is 0.192. The van der Waals surface area contributed by atoms with Crippen LogP contribution in [0.3, 0.4) is 0 Å². The minimum atomic E-state index is -0.453. The Labute approximate surface area is 203 Å². The van der Waals surface area contributed by atoms with E-state index in [1.807, 2.05) is 24.3 Å². The molecule has 176 valence electrons. The Balaban J connectivity index is 1.40. The molecule has 0 radical (unpaired) electrons. The summed E-state index contributed by atoms with van der Waals surface area (Å²) in [6.07, 6.45) is 0.908. The van der Waals surface area contributed by atoms with Crippen molar-refractivity contribution in [1.82, 2.24) is 5.32 Å². The third-order valence-corrected chi connectivity index (χ3v) is 5.01. The molecule has 0 bridgehead atoms. The number of hydrogen-bond acceptors (Lipinski definition) is 5. The van der Waals surface area contributed by atoms with E-state index in [0.717, 1.165) is 5.56 Å². The Kier molecular flexibility index (Phi) is 9.05. The standard InChI is InChI=1S/C26H25ClN2O5/c1-18(30)34-22-7-4-6-20(16-22)26(32)29-21-13-11-19(12-14-21)17-28-25(31)10-5-15-33-24-9-3-2-8-23(24)27/h2-4,6-9,11-14,16H,5,10,15,17H2,1H3,(H,28,31)(H,29,32). The lowest BCUT2D eigenvalue weighted by atomic mass is 10.1. The Bertz CT molecular complexity index is 1150. The molecule has 34 heavy (non-hydrogen) atoms. The van der Waals surface area contributed by atoms with Crippen LogP contribution in [0.1, 0.15) is 35.7 Å². The maximum absolute atomic E-state index is 12.5. The number of halogens is 1. The average Bonchev–Trinajstić information content (AvgIpc) is 2.82. The van der Waals surface area contributed by atoms with Crippen LogP contribution in [0.2, 0.25) is 5.02 Å². The first-order chi connectivity index (χ1) is 16.4. The minimum Gasteiger partial charge on any atom is -0.492 e. The number of amides is 2. The second kappa shape index (κ2) is 12.4. The highest BCUT2D eigenvalue weighted by molar-refractivity contribution is 6.32. The summed E-state index contributed by atoms with van der Waals surface area (Å²) in [4.78, 5) is 35.6. The molecule has 3 rings (SSSR count). The summed E-state index contributed by atoms with van der Waals surface area (Å²) in [5, 5.41) is 6.20. The van der Waals surface area contributed by atoms with E-state index >= 15 is 0 Å². The van der Waals surface area contributed by atoms with Crippen LogP contribution >= 0.6 is 11.6 Å². The predicted molar refractivity (Wildman–Crippen MR) is 130 cm³/mol. The van der Waals surface area contributed by atoms with Crippen LogP contribution in [0.5, 0.6) is 11.5 Å². The van der Waals surface area contributed by atoms with Gasteiger partial charge >= 0.3 is 5.97 Å². The molecule has 0 heterocycles. The van der Waals surface area contributed by atoms with Crippen LogP contribution < -0.4 is 20.1 Å². The van der Waals surface area contributed by atoms with Crippen molar-refractivity contribution in [2.45, 2.75) is 26.3 Å². The zero-order valence-electron chi connectivity index (χ0n) is 18.7. The summed E-state index contributed by atoms with van der Waals surface area (Å²) in [6.45, 7) is 2.08. The van der Waals surface area contributed by atoms with Gasteiger partial charge < -0.3 is 20.1 Å². The maximum atomic E-state index is 12.5. The zero-order chi connectivity index (χ0) is 24.3. The van der Waals surface area contributed by atoms with Gasteiger partial charge in [-0.15, -0.1) is 0 Å². The van der Waals surface area contributed by atoms with Gasteiger partial charge in [0.1, 0.15) is 11.5 Å². The van der Waals surface area contributed by atoms with E-state index in [1.54, 1.807) is 42.5 Å². The Morgan fingerprint density at radius 1 is 0.941 bits per heavy atom. The van der Waals surface area contributed by atoms with E-state index in [1.165, 1.54) is 13.0 Å². The highest BCUT2D eigenvalue weighted by atomic mass is 35.5. The summed E-state index contributed by atoms with van der Waals surface area (Å²) in [7, 11) is 0. The van der Waals surface area contributed by atoms with Crippen molar-refractivity contribution in [2.24, 2.45) is 0 Å². The lowest BCUT2D eigenvalue weighted by Gasteiger charge is -2.09. The molecule has 2 N–H and O–H groups in total. The maximum Gasteiger partial charge on any atom is 0.308 e. The van der Waals surface area contributed by atoms with E-state index in [4.69, 9.17) is 21.1 Å². The molecule has 0 aliphatic carbocycles. The van der Waals surface area contributed by atoms with Crippen LogP contribution in [-0.2, 0) is 16.1 Å². The molecule has 0 saturated heterocycles. The molecule has 0 aliphatic rings. The number of anilines is 1. The minimum absolute atomic E-state index is 0.0761. The molecule has 0 spiro atoms. The van der Waals surface area contributed by atoms with Crippen LogP contribution in [0, 0.1) is 0 Å². The quantitative estimate of drug-likeness (QED) is 0.242. The third-order valence-electron chi connectivity index (χ3n) is 4.70. The first kappa shape index (κ1) is 24.8. The van der Waals surface area contributed by atoms with Gasteiger partial charge in [0.2, 0.25) is 5.91 Å². The van der Waals surface area contributed by atoms with Gasteiger partial charge in [0.15, 0.2) is 0 Å². The number of ether oxygens (including phenoxy) is 2. The highest BCUT2D eigenvalue weighted by Crippen LogP contribution is 2.23. The molecule has 8 heteroatoms. The number of hydrogen-bond donors (Lipinski definition) is 2. The van der Waals surface area contributed by atoms with Gasteiger partial charge in [-0.05, 0) is 54.4 Å². The van der Waals surface area contributed by atoms with E-state index in [2.05, 4.69) is 10.6 Å². The summed E-state index contributed by atoms with van der Waals surface area (Å²) < 4.78 is 10.6. The molecule has 0 atom stereocenters. The fourth-order valence-corrected chi connectivity index (χ4v) is 3.23. The van der Waals surface area contributed by atoms with Gasteiger partial charge in [-0.2, -0.15) is 0 Å². The van der Waals surface area contributed by atoms with E-state index < -0.39 is 5.97 Å². The number of rotatable bonds is 10. The average molecular weight is 481 g/mol. The Morgan fingerprint density at radius 3 is 2.44 bits per heavy atom. The molecule has 0 aliphatic heterocycles. The number of benzene rings is 3. The number of para-hydroxylation sites is 1. The Hall–Kier alpha value is -3.84. The lowest BCUT2D eigenvalue weighted by molar-refractivity contribution is -0.131. The van der Waals surface area contributed by atoms with Crippen molar-refractivity contribution in [3.05, 3.63) is 88.9 Å². The molecule has 0 fully saturated rings. The molecule has 0 saturated carbocycles. The van der Waals surface area contributed by atoms with Crippen LogP contribution in [0.4, 0.5) is 5.69 Å². The summed E-state index contributed by atoms with van der Waals surface area (Å²) in [6, 6.07) is 20.7. The predicted octanol–water partition coefficient (Wildman–Crippen LogP) is 4.99. The van der Waals surface area contributed by atoms with E-state index in [9.17, 15) is 14.4 Å². The van der Waals surface area contributed by atoms with Gasteiger partial charge in [-0.1, -0.05) is 41.9 Å². The van der Waals surface area contributed by atoms with Gasteiger partial charge in [-0.25, -0.2) is 0 Å². The molecule has 2 amide bonds. The number of nitrogens with one attached hydrogen (secondary N) is 2. The van der Waals surface area contributed by atoms with Gasteiger partial charge in [0.25, 0.3) is 5.91 Å². The number of esters is 1. The number of carbonyl (C=O) groups is 3. The normalized spacial score (nSPS) is 10.3. The smallest absolute Gasteiger partial charge is 0.308 e. The topological polar surface area (TPSA) is 93.7 Å². The van der Waals surface area contributed by atoms with Crippen molar-refractivity contribution < 1.29 is 23.9 Å². The SMILES string of the molecule is CC(=O)Oc1cccc(C(=O)Nc2ccc(CNC(=O)CCCOc3ccccc3Cl)cc2)c1. The molecule has 3 aromatic rings. The monoisotopic (exact) mass is 480 g/mol.